The van der Waals surface area contributed by atoms with Gasteiger partial charge < -0.3 is 15.5 Å². The highest BCUT2D eigenvalue weighted by Gasteiger charge is 2.37. The normalized spacial score (nSPS) is 26.1. The first-order chi connectivity index (χ1) is 6.33. The van der Waals surface area contributed by atoms with Crippen molar-refractivity contribution < 1.29 is 4.79 Å². The van der Waals surface area contributed by atoms with Crippen molar-refractivity contribution in [1.29, 1.82) is 0 Å². The maximum Gasteiger partial charge on any atom is 0.320 e. The molecule has 0 bridgehead atoms. The summed E-state index contributed by atoms with van der Waals surface area (Å²) < 4.78 is 0. The second kappa shape index (κ2) is 4.84. The van der Waals surface area contributed by atoms with E-state index in [-0.39, 0.29) is 18.4 Å². The number of amides is 2. The van der Waals surface area contributed by atoms with E-state index in [1.807, 2.05) is 9.80 Å². The second-order valence-corrected chi connectivity index (χ2v) is 3.86. The van der Waals surface area contributed by atoms with Gasteiger partial charge in [-0.1, -0.05) is 0 Å². The number of fused-ring (bicyclic) bond motifs is 1. The molecule has 2 saturated heterocycles. The van der Waals surface area contributed by atoms with E-state index in [1.165, 1.54) is 19.3 Å². The van der Waals surface area contributed by atoms with Gasteiger partial charge in [-0.3, -0.25) is 0 Å². The number of piperidine rings is 1. The van der Waals surface area contributed by atoms with Crippen molar-refractivity contribution >= 4 is 18.4 Å². The minimum Gasteiger partial charge on any atom is -0.329 e. The number of carbonyl (C=O) groups excluding carboxylic acids is 1. The molecular formula is C9H18ClN3O. The van der Waals surface area contributed by atoms with Gasteiger partial charge in [-0.15, -0.1) is 12.4 Å². The zero-order valence-corrected chi connectivity index (χ0v) is 9.13. The lowest BCUT2D eigenvalue weighted by Crippen LogP contribution is -2.39. The van der Waals surface area contributed by atoms with Crippen molar-refractivity contribution in [1.82, 2.24) is 9.80 Å². The molecule has 0 saturated carbocycles. The number of hydrogen-bond acceptors (Lipinski definition) is 2. The van der Waals surface area contributed by atoms with Crippen molar-refractivity contribution in [2.75, 3.05) is 26.2 Å². The van der Waals surface area contributed by atoms with E-state index >= 15 is 0 Å². The van der Waals surface area contributed by atoms with E-state index in [2.05, 4.69) is 0 Å². The molecule has 2 aliphatic heterocycles. The van der Waals surface area contributed by atoms with E-state index in [0.717, 1.165) is 13.1 Å². The van der Waals surface area contributed by atoms with E-state index < -0.39 is 0 Å². The Hall–Kier alpha value is -0.480. The van der Waals surface area contributed by atoms with Crippen LogP contribution in [0.2, 0.25) is 0 Å². The monoisotopic (exact) mass is 219 g/mol. The Morgan fingerprint density at radius 1 is 1.43 bits per heavy atom. The number of hydrogen-bond donors (Lipinski definition) is 1. The molecule has 0 aromatic rings. The summed E-state index contributed by atoms with van der Waals surface area (Å²) in [6, 6.07) is 0.683. The number of carbonyl (C=O) groups is 1. The number of halogens is 1. The molecule has 0 radical (unpaired) electrons. The van der Waals surface area contributed by atoms with Crippen LogP contribution >= 0.6 is 12.4 Å². The van der Waals surface area contributed by atoms with Gasteiger partial charge >= 0.3 is 6.03 Å². The first kappa shape index (κ1) is 11.6. The van der Waals surface area contributed by atoms with Crippen molar-refractivity contribution in [2.24, 2.45) is 5.73 Å². The largest absolute Gasteiger partial charge is 0.329 e. The molecule has 0 spiro atoms. The number of rotatable bonds is 2. The van der Waals surface area contributed by atoms with Gasteiger partial charge in [-0.2, -0.15) is 0 Å². The fourth-order valence-corrected chi connectivity index (χ4v) is 2.30. The predicted octanol–water partition coefficient (Wildman–Crippen LogP) is 0.657. The molecule has 0 aliphatic carbocycles. The molecule has 2 fully saturated rings. The molecule has 2 rings (SSSR count). The van der Waals surface area contributed by atoms with Crippen molar-refractivity contribution in [2.45, 2.75) is 25.3 Å². The molecule has 14 heavy (non-hydrogen) atoms. The van der Waals surface area contributed by atoms with E-state index in [9.17, 15) is 4.79 Å². The third-order valence-electron chi connectivity index (χ3n) is 2.97. The molecule has 1 unspecified atom stereocenters. The van der Waals surface area contributed by atoms with Crippen LogP contribution in [0.25, 0.3) is 0 Å². The van der Waals surface area contributed by atoms with Crippen LogP contribution in [0.4, 0.5) is 4.79 Å². The van der Waals surface area contributed by atoms with Crippen LogP contribution in [-0.4, -0.2) is 48.1 Å². The van der Waals surface area contributed by atoms with Gasteiger partial charge in [0.25, 0.3) is 0 Å². The smallest absolute Gasteiger partial charge is 0.320 e. The summed E-state index contributed by atoms with van der Waals surface area (Å²) in [5, 5.41) is 0. The molecule has 0 aromatic carbocycles. The summed E-state index contributed by atoms with van der Waals surface area (Å²) in [5.41, 5.74) is 5.45. The fraction of sp³-hybridized carbons (Fsp3) is 0.889. The van der Waals surface area contributed by atoms with Crippen LogP contribution in [0.3, 0.4) is 0 Å². The molecule has 2 aliphatic rings. The highest BCUT2D eigenvalue weighted by atomic mass is 35.5. The van der Waals surface area contributed by atoms with Crippen LogP contribution in [0.15, 0.2) is 0 Å². The van der Waals surface area contributed by atoms with Crippen molar-refractivity contribution in [3.63, 3.8) is 0 Å². The lowest BCUT2D eigenvalue weighted by Gasteiger charge is -2.27. The minimum atomic E-state index is 0. The van der Waals surface area contributed by atoms with E-state index in [4.69, 9.17) is 5.73 Å². The van der Waals surface area contributed by atoms with Crippen molar-refractivity contribution in [3.8, 4) is 0 Å². The van der Waals surface area contributed by atoms with Crippen LogP contribution in [-0.2, 0) is 0 Å². The van der Waals surface area contributed by atoms with Gasteiger partial charge in [0.15, 0.2) is 0 Å². The average Bonchev–Trinajstić information content (AvgIpc) is 2.46. The lowest BCUT2D eigenvalue weighted by atomic mass is 10.0. The summed E-state index contributed by atoms with van der Waals surface area (Å²) in [6.07, 6.45) is 3.61. The van der Waals surface area contributed by atoms with Crippen LogP contribution in [0.5, 0.6) is 0 Å². The molecule has 1 atom stereocenters. The summed E-state index contributed by atoms with van der Waals surface area (Å²) in [4.78, 5) is 15.6. The van der Waals surface area contributed by atoms with Crippen LogP contribution in [0.1, 0.15) is 19.3 Å². The Morgan fingerprint density at radius 3 is 2.86 bits per heavy atom. The Balaban J connectivity index is 0.000000980. The molecule has 0 aromatic heterocycles. The predicted molar refractivity (Wildman–Crippen MR) is 57.6 cm³/mol. The number of urea groups is 1. The van der Waals surface area contributed by atoms with Gasteiger partial charge in [0.05, 0.1) is 6.04 Å². The molecular weight excluding hydrogens is 202 g/mol. The topological polar surface area (TPSA) is 49.6 Å². The van der Waals surface area contributed by atoms with Gasteiger partial charge in [0.1, 0.15) is 0 Å². The van der Waals surface area contributed by atoms with E-state index in [0.29, 0.717) is 19.1 Å². The molecule has 5 heteroatoms. The van der Waals surface area contributed by atoms with Gasteiger partial charge in [-0.25, -0.2) is 4.79 Å². The van der Waals surface area contributed by atoms with Gasteiger partial charge in [0, 0.05) is 26.2 Å². The zero-order chi connectivity index (χ0) is 9.26. The summed E-state index contributed by atoms with van der Waals surface area (Å²) in [6.45, 7) is 3.14. The third-order valence-corrected chi connectivity index (χ3v) is 2.97. The van der Waals surface area contributed by atoms with Crippen molar-refractivity contribution in [3.05, 3.63) is 0 Å². The Morgan fingerprint density at radius 2 is 2.21 bits per heavy atom. The Bertz CT molecular complexity index is 212. The molecule has 2 amide bonds. The molecule has 82 valence electrons. The summed E-state index contributed by atoms with van der Waals surface area (Å²) >= 11 is 0. The summed E-state index contributed by atoms with van der Waals surface area (Å²) in [5.74, 6) is 0. The quantitative estimate of drug-likeness (QED) is 0.742. The molecule has 2 N–H and O–H groups in total. The maximum atomic E-state index is 11.7. The minimum absolute atomic E-state index is 0. The third kappa shape index (κ3) is 1.96. The Kier molecular flexibility index (Phi) is 4.01. The number of nitrogens with zero attached hydrogens (tertiary/aromatic N) is 2. The molecule has 4 nitrogen and oxygen atoms in total. The number of nitrogens with two attached hydrogens (primary N) is 1. The van der Waals surface area contributed by atoms with Gasteiger partial charge in [-0.05, 0) is 19.3 Å². The average molecular weight is 220 g/mol. The van der Waals surface area contributed by atoms with E-state index in [1.54, 1.807) is 0 Å². The SMILES string of the molecule is Cl.NCCN1CC2CCCCN2C1=O. The maximum absolute atomic E-state index is 11.7. The standard InChI is InChI=1S/C9H17N3O.ClH/c10-4-6-11-7-8-3-1-2-5-12(8)9(11)13;/h8H,1-7,10H2;1H. The lowest BCUT2D eigenvalue weighted by molar-refractivity contribution is 0.176. The van der Waals surface area contributed by atoms with Crippen LogP contribution < -0.4 is 5.73 Å². The molecule has 2 heterocycles. The van der Waals surface area contributed by atoms with Crippen LogP contribution in [0, 0.1) is 0 Å². The highest BCUT2D eigenvalue weighted by molar-refractivity contribution is 5.85. The Labute approximate surface area is 90.8 Å². The second-order valence-electron chi connectivity index (χ2n) is 3.86. The van der Waals surface area contributed by atoms with Gasteiger partial charge in [0.2, 0.25) is 0 Å². The first-order valence-electron chi connectivity index (χ1n) is 5.08. The highest BCUT2D eigenvalue weighted by Crippen LogP contribution is 2.24. The zero-order valence-electron chi connectivity index (χ0n) is 8.32. The summed E-state index contributed by atoms with van der Waals surface area (Å²) in [7, 11) is 0. The first-order valence-corrected chi connectivity index (χ1v) is 5.08. The fourth-order valence-electron chi connectivity index (χ4n) is 2.30.